The Morgan fingerprint density at radius 2 is 1.89 bits per heavy atom. The first-order chi connectivity index (χ1) is 8.52. The highest BCUT2D eigenvalue weighted by Crippen LogP contribution is 2.06. The van der Waals surface area contributed by atoms with Crippen molar-refractivity contribution in [1.29, 1.82) is 0 Å². The van der Waals surface area contributed by atoms with Crippen molar-refractivity contribution in [2.24, 2.45) is 0 Å². The summed E-state index contributed by atoms with van der Waals surface area (Å²) in [5, 5.41) is 5.99. The van der Waals surface area contributed by atoms with Crippen LogP contribution in [-0.4, -0.2) is 24.5 Å². The van der Waals surface area contributed by atoms with Gasteiger partial charge in [-0.1, -0.05) is 12.1 Å². The first-order valence-corrected chi connectivity index (χ1v) is 6.31. The normalized spacial score (nSPS) is 14.0. The van der Waals surface area contributed by atoms with Crippen LogP contribution in [0.1, 0.15) is 26.3 Å². The number of hydrogen-bond acceptors (Lipinski definition) is 2. The zero-order chi connectivity index (χ0) is 13.5. The lowest BCUT2D eigenvalue weighted by Crippen LogP contribution is -2.46. The van der Waals surface area contributed by atoms with Gasteiger partial charge in [0.25, 0.3) is 0 Å². The monoisotopic (exact) mass is 252 g/mol. The van der Waals surface area contributed by atoms with E-state index in [9.17, 15) is 9.18 Å². The summed E-state index contributed by atoms with van der Waals surface area (Å²) < 4.78 is 12.8. The van der Waals surface area contributed by atoms with Crippen molar-refractivity contribution < 1.29 is 9.18 Å². The first-order valence-electron chi connectivity index (χ1n) is 6.31. The van der Waals surface area contributed by atoms with E-state index in [-0.39, 0.29) is 23.8 Å². The summed E-state index contributed by atoms with van der Waals surface area (Å²) in [5.41, 5.74) is 1.06. The standard InChI is InChI=1S/C14H21FN2O/c1-4-16-14(18)11(3)17-10(2)9-12-5-7-13(15)8-6-12/h5-8,10-11,17H,4,9H2,1-3H3,(H,16,18). The minimum Gasteiger partial charge on any atom is -0.355 e. The van der Waals surface area contributed by atoms with Gasteiger partial charge in [0.05, 0.1) is 6.04 Å². The van der Waals surface area contributed by atoms with Crippen LogP contribution in [0.15, 0.2) is 24.3 Å². The zero-order valence-electron chi connectivity index (χ0n) is 11.2. The van der Waals surface area contributed by atoms with E-state index >= 15 is 0 Å². The molecule has 0 aliphatic carbocycles. The lowest BCUT2D eigenvalue weighted by Gasteiger charge is -2.19. The summed E-state index contributed by atoms with van der Waals surface area (Å²) in [6, 6.07) is 6.38. The van der Waals surface area contributed by atoms with Crippen LogP contribution in [0.3, 0.4) is 0 Å². The molecule has 2 atom stereocenters. The Labute approximate surface area is 108 Å². The molecule has 1 aromatic carbocycles. The molecular weight excluding hydrogens is 231 g/mol. The maximum absolute atomic E-state index is 12.8. The quantitative estimate of drug-likeness (QED) is 0.811. The van der Waals surface area contributed by atoms with E-state index in [0.29, 0.717) is 6.54 Å². The summed E-state index contributed by atoms with van der Waals surface area (Å²) >= 11 is 0. The smallest absolute Gasteiger partial charge is 0.236 e. The molecule has 1 amide bonds. The maximum Gasteiger partial charge on any atom is 0.236 e. The highest BCUT2D eigenvalue weighted by atomic mass is 19.1. The number of amides is 1. The molecule has 0 aromatic heterocycles. The van der Waals surface area contributed by atoms with E-state index < -0.39 is 0 Å². The second-order valence-electron chi connectivity index (χ2n) is 4.51. The molecule has 0 fully saturated rings. The van der Waals surface area contributed by atoms with Gasteiger partial charge in [-0.3, -0.25) is 4.79 Å². The van der Waals surface area contributed by atoms with Crippen LogP contribution in [-0.2, 0) is 11.2 Å². The lowest BCUT2D eigenvalue weighted by atomic mass is 10.1. The largest absolute Gasteiger partial charge is 0.355 e. The van der Waals surface area contributed by atoms with Gasteiger partial charge >= 0.3 is 0 Å². The van der Waals surface area contributed by atoms with E-state index in [4.69, 9.17) is 0 Å². The van der Waals surface area contributed by atoms with Crippen LogP contribution in [0.25, 0.3) is 0 Å². The van der Waals surface area contributed by atoms with Crippen molar-refractivity contribution in [2.75, 3.05) is 6.54 Å². The molecule has 2 unspecified atom stereocenters. The SMILES string of the molecule is CCNC(=O)C(C)NC(C)Cc1ccc(F)cc1. The van der Waals surface area contributed by atoms with E-state index in [0.717, 1.165) is 12.0 Å². The summed E-state index contributed by atoms with van der Waals surface area (Å²) in [5.74, 6) is -0.224. The highest BCUT2D eigenvalue weighted by molar-refractivity contribution is 5.81. The second kappa shape index (κ2) is 7.11. The molecule has 18 heavy (non-hydrogen) atoms. The maximum atomic E-state index is 12.8. The van der Waals surface area contributed by atoms with Crippen molar-refractivity contribution in [2.45, 2.75) is 39.3 Å². The summed E-state index contributed by atoms with van der Waals surface area (Å²) in [6.45, 7) is 6.38. The van der Waals surface area contributed by atoms with Gasteiger partial charge in [0.15, 0.2) is 0 Å². The van der Waals surface area contributed by atoms with Crippen molar-refractivity contribution in [1.82, 2.24) is 10.6 Å². The third kappa shape index (κ3) is 4.84. The average Bonchev–Trinajstić information content (AvgIpc) is 2.32. The van der Waals surface area contributed by atoms with Crippen molar-refractivity contribution in [3.8, 4) is 0 Å². The molecule has 100 valence electrons. The van der Waals surface area contributed by atoms with Crippen LogP contribution in [0.4, 0.5) is 4.39 Å². The fraction of sp³-hybridized carbons (Fsp3) is 0.500. The molecule has 0 saturated heterocycles. The minimum atomic E-state index is -0.227. The summed E-state index contributed by atoms with van der Waals surface area (Å²) in [4.78, 5) is 11.6. The van der Waals surface area contributed by atoms with Crippen molar-refractivity contribution in [3.05, 3.63) is 35.6 Å². The van der Waals surface area contributed by atoms with Gasteiger partial charge in [-0.05, 0) is 44.9 Å². The zero-order valence-corrected chi connectivity index (χ0v) is 11.2. The number of halogens is 1. The van der Waals surface area contributed by atoms with Crippen LogP contribution < -0.4 is 10.6 Å². The van der Waals surface area contributed by atoms with Crippen LogP contribution in [0.2, 0.25) is 0 Å². The molecule has 1 rings (SSSR count). The minimum absolute atomic E-state index is 0.00320. The molecule has 0 heterocycles. The molecule has 0 spiro atoms. The number of rotatable bonds is 6. The number of hydrogen-bond donors (Lipinski definition) is 2. The number of carbonyl (C=O) groups excluding carboxylic acids is 1. The Balaban J connectivity index is 2.43. The van der Waals surface area contributed by atoms with Gasteiger partial charge < -0.3 is 10.6 Å². The van der Waals surface area contributed by atoms with Crippen molar-refractivity contribution >= 4 is 5.91 Å². The molecule has 0 radical (unpaired) electrons. The van der Waals surface area contributed by atoms with Gasteiger partial charge in [0.2, 0.25) is 5.91 Å². The van der Waals surface area contributed by atoms with Gasteiger partial charge in [-0.25, -0.2) is 4.39 Å². The molecule has 4 heteroatoms. The van der Waals surface area contributed by atoms with E-state index in [1.165, 1.54) is 12.1 Å². The molecule has 0 bridgehead atoms. The Kier molecular flexibility index (Phi) is 5.78. The number of benzene rings is 1. The van der Waals surface area contributed by atoms with E-state index in [1.54, 1.807) is 12.1 Å². The molecule has 0 saturated carbocycles. The molecule has 0 aliphatic heterocycles. The molecule has 1 aromatic rings. The predicted octanol–water partition coefficient (Wildman–Crippen LogP) is 1.87. The fourth-order valence-corrected chi connectivity index (χ4v) is 1.86. The average molecular weight is 252 g/mol. The van der Waals surface area contributed by atoms with Crippen LogP contribution in [0.5, 0.6) is 0 Å². The number of nitrogens with one attached hydrogen (secondary N) is 2. The van der Waals surface area contributed by atoms with Crippen LogP contribution in [0, 0.1) is 5.82 Å². The highest BCUT2D eigenvalue weighted by Gasteiger charge is 2.14. The first kappa shape index (κ1) is 14.6. The third-order valence-electron chi connectivity index (χ3n) is 2.73. The van der Waals surface area contributed by atoms with E-state index in [2.05, 4.69) is 10.6 Å². The Morgan fingerprint density at radius 3 is 2.44 bits per heavy atom. The second-order valence-corrected chi connectivity index (χ2v) is 4.51. The van der Waals surface area contributed by atoms with Crippen LogP contribution >= 0.6 is 0 Å². The molecule has 0 aliphatic rings. The third-order valence-corrected chi connectivity index (χ3v) is 2.73. The number of likely N-dealkylation sites (N-methyl/N-ethyl adjacent to an activating group) is 1. The van der Waals surface area contributed by atoms with E-state index in [1.807, 2.05) is 20.8 Å². The molecular formula is C14H21FN2O. The topological polar surface area (TPSA) is 41.1 Å². The summed E-state index contributed by atoms with van der Waals surface area (Å²) in [7, 11) is 0. The molecule has 2 N–H and O–H groups in total. The fourth-order valence-electron chi connectivity index (χ4n) is 1.86. The predicted molar refractivity (Wildman–Crippen MR) is 70.8 cm³/mol. The number of carbonyl (C=O) groups is 1. The summed E-state index contributed by atoms with van der Waals surface area (Å²) in [6.07, 6.45) is 0.768. The molecule has 3 nitrogen and oxygen atoms in total. The lowest BCUT2D eigenvalue weighted by molar-refractivity contribution is -0.122. The Bertz CT molecular complexity index is 378. The van der Waals surface area contributed by atoms with Gasteiger partial charge in [0.1, 0.15) is 5.82 Å². The van der Waals surface area contributed by atoms with Gasteiger partial charge in [-0.15, -0.1) is 0 Å². The van der Waals surface area contributed by atoms with Gasteiger partial charge in [0, 0.05) is 12.6 Å². The van der Waals surface area contributed by atoms with Crippen molar-refractivity contribution in [3.63, 3.8) is 0 Å². The Morgan fingerprint density at radius 1 is 1.28 bits per heavy atom. The Hall–Kier alpha value is -1.42. The van der Waals surface area contributed by atoms with Gasteiger partial charge in [-0.2, -0.15) is 0 Å².